The Morgan fingerprint density at radius 1 is 1.26 bits per heavy atom. The van der Waals surface area contributed by atoms with Crippen molar-refractivity contribution >= 4 is 46.4 Å². The molecule has 0 bridgehead atoms. The van der Waals surface area contributed by atoms with Crippen molar-refractivity contribution in [2.45, 2.75) is 27.3 Å². The van der Waals surface area contributed by atoms with Crippen LogP contribution < -0.4 is 5.43 Å². The molecule has 2 rings (SSSR count). The summed E-state index contributed by atoms with van der Waals surface area (Å²) in [4.78, 5) is 12.0. The maximum absolute atomic E-state index is 12.0. The number of hydrogen-bond acceptors (Lipinski definition) is 3. The van der Waals surface area contributed by atoms with E-state index in [1.165, 1.54) is 0 Å². The number of benzene rings is 1. The van der Waals surface area contributed by atoms with Crippen molar-refractivity contribution in [1.29, 1.82) is 0 Å². The molecule has 0 saturated carbocycles. The molecular formula is C15H15Cl3N4O. The van der Waals surface area contributed by atoms with Crippen molar-refractivity contribution in [3.05, 3.63) is 50.2 Å². The summed E-state index contributed by atoms with van der Waals surface area (Å²) in [5.41, 5.74) is 5.38. The quantitative estimate of drug-likeness (QED) is 0.500. The number of hydrogen-bond donors (Lipinski definition) is 1. The molecule has 0 aliphatic rings. The lowest BCUT2D eigenvalue weighted by Crippen LogP contribution is -2.25. The van der Waals surface area contributed by atoms with E-state index in [-0.39, 0.29) is 17.5 Å². The highest BCUT2D eigenvalue weighted by atomic mass is 35.5. The summed E-state index contributed by atoms with van der Waals surface area (Å²) in [6, 6.07) is 5.22. The summed E-state index contributed by atoms with van der Waals surface area (Å²) in [5.74, 6) is -0.285. The Balaban J connectivity index is 2.09. The number of hydrazone groups is 1. The lowest BCUT2D eigenvalue weighted by Gasteiger charge is -2.08. The third-order valence-corrected chi connectivity index (χ3v) is 4.46. The van der Waals surface area contributed by atoms with Crippen molar-refractivity contribution in [3.8, 4) is 0 Å². The molecule has 0 aliphatic heterocycles. The minimum Gasteiger partial charge on any atom is -0.271 e. The molecule has 0 fully saturated rings. The average Bonchev–Trinajstić information content (AvgIpc) is 2.80. The first-order chi connectivity index (χ1) is 10.8. The summed E-state index contributed by atoms with van der Waals surface area (Å²) in [6.07, 6.45) is 0. The van der Waals surface area contributed by atoms with Gasteiger partial charge in [0, 0.05) is 11.3 Å². The molecular weight excluding hydrogens is 359 g/mol. The molecule has 0 saturated heterocycles. The summed E-state index contributed by atoms with van der Waals surface area (Å²) in [5, 5.41) is 9.19. The van der Waals surface area contributed by atoms with Gasteiger partial charge in [-0.1, -0.05) is 40.9 Å². The van der Waals surface area contributed by atoms with E-state index < -0.39 is 0 Å². The van der Waals surface area contributed by atoms with Crippen LogP contribution in [-0.4, -0.2) is 21.4 Å². The van der Waals surface area contributed by atoms with Crippen LogP contribution in [0.3, 0.4) is 0 Å². The Labute approximate surface area is 149 Å². The first-order valence-electron chi connectivity index (χ1n) is 6.77. The molecule has 2 aromatic rings. The van der Waals surface area contributed by atoms with Gasteiger partial charge in [0.1, 0.15) is 6.54 Å². The lowest BCUT2D eigenvalue weighted by atomic mass is 10.1. The monoisotopic (exact) mass is 372 g/mol. The largest absolute Gasteiger partial charge is 0.271 e. The number of aryl methyl sites for hydroxylation is 2. The van der Waals surface area contributed by atoms with Crippen LogP contribution in [0.25, 0.3) is 0 Å². The van der Waals surface area contributed by atoms with E-state index in [0.29, 0.717) is 21.3 Å². The Hall–Kier alpha value is -1.56. The molecule has 1 aromatic carbocycles. The maximum atomic E-state index is 12.0. The van der Waals surface area contributed by atoms with Crippen molar-refractivity contribution < 1.29 is 4.79 Å². The van der Waals surface area contributed by atoms with E-state index in [9.17, 15) is 4.79 Å². The second kappa shape index (κ2) is 7.34. The molecule has 1 aromatic heterocycles. The van der Waals surface area contributed by atoms with E-state index in [1.54, 1.807) is 23.7 Å². The predicted octanol–water partition coefficient (Wildman–Crippen LogP) is 4.00. The zero-order valence-electron chi connectivity index (χ0n) is 12.8. The van der Waals surface area contributed by atoms with E-state index in [1.807, 2.05) is 19.9 Å². The van der Waals surface area contributed by atoms with Crippen LogP contribution >= 0.6 is 34.8 Å². The summed E-state index contributed by atoms with van der Waals surface area (Å²) >= 11 is 18.0. The zero-order chi connectivity index (χ0) is 17.1. The predicted molar refractivity (Wildman–Crippen MR) is 93.5 cm³/mol. The van der Waals surface area contributed by atoms with Crippen LogP contribution in [0.5, 0.6) is 0 Å². The topological polar surface area (TPSA) is 59.3 Å². The van der Waals surface area contributed by atoms with Gasteiger partial charge in [-0.15, -0.1) is 0 Å². The number of carbonyl (C=O) groups is 1. The standard InChI is InChI=1S/C15H15Cl3N4O/c1-8-6-9(2)22(21-8)7-13(23)20-19-10(3)11-4-5-12(16)15(18)14(11)17/h4-6H,7H2,1-3H3,(H,20,23)/b19-10-. The highest BCUT2D eigenvalue weighted by molar-refractivity contribution is 6.49. The summed E-state index contributed by atoms with van der Waals surface area (Å²) < 4.78 is 1.61. The first kappa shape index (κ1) is 17.8. The van der Waals surface area contributed by atoms with E-state index in [0.717, 1.165) is 11.4 Å². The smallest absolute Gasteiger partial charge is 0.261 e. The van der Waals surface area contributed by atoms with Gasteiger partial charge in [-0.2, -0.15) is 10.2 Å². The Kier molecular flexibility index (Phi) is 5.68. The number of nitrogens with zero attached hydrogens (tertiary/aromatic N) is 3. The number of carbonyl (C=O) groups excluding carboxylic acids is 1. The molecule has 23 heavy (non-hydrogen) atoms. The van der Waals surface area contributed by atoms with Gasteiger partial charge in [-0.3, -0.25) is 9.48 Å². The maximum Gasteiger partial charge on any atom is 0.261 e. The number of halogens is 3. The summed E-state index contributed by atoms with van der Waals surface area (Å²) in [7, 11) is 0. The van der Waals surface area contributed by atoms with E-state index in [2.05, 4.69) is 15.6 Å². The molecule has 1 amide bonds. The van der Waals surface area contributed by atoms with Gasteiger partial charge < -0.3 is 0 Å². The Bertz CT molecular complexity index is 783. The van der Waals surface area contributed by atoms with Crippen LogP contribution in [0.15, 0.2) is 23.3 Å². The van der Waals surface area contributed by atoms with Gasteiger partial charge in [0.2, 0.25) is 0 Å². The van der Waals surface area contributed by atoms with Crippen LogP contribution in [0, 0.1) is 13.8 Å². The van der Waals surface area contributed by atoms with Crippen molar-refractivity contribution in [1.82, 2.24) is 15.2 Å². The van der Waals surface area contributed by atoms with E-state index in [4.69, 9.17) is 34.8 Å². The van der Waals surface area contributed by atoms with Gasteiger partial charge in [0.25, 0.3) is 5.91 Å². The van der Waals surface area contributed by atoms with Gasteiger partial charge in [0.15, 0.2) is 0 Å². The fourth-order valence-corrected chi connectivity index (χ4v) is 2.69. The molecule has 0 spiro atoms. The van der Waals surface area contributed by atoms with Gasteiger partial charge >= 0.3 is 0 Å². The highest BCUT2D eigenvalue weighted by Gasteiger charge is 2.12. The summed E-state index contributed by atoms with van der Waals surface area (Å²) in [6.45, 7) is 5.56. The Morgan fingerprint density at radius 2 is 1.96 bits per heavy atom. The van der Waals surface area contributed by atoms with Crippen molar-refractivity contribution in [2.24, 2.45) is 5.10 Å². The fourth-order valence-electron chi connectivity index (χ4n) is 2.02. The number of amides is 1. The average molecular weight is 374 g/mol. The molecule has 0 radical (unpaired) electrons. The number of aromatic nitrogens is 2. The highest BCUT2D eigenvalue weighted by Crippen LogP contribution is 2.32. The van der Waals surface area contributed by atoms with Crippen molar-refractivity contribution in [2.75, 3.05) is 0 Å². The van der Waals surface area contributed by atoms with Crippen LogP contribution in [0.2, 0.25) is 15.1 Å². The number of nitrogens with one attached hydrogen (secondary N) is 1. The minimum atomic E-state index is -0.285. The van der Waals surface area contributed by atoms with Gasteiger partial charge in [0.05, 0.1) is 26.5 Å². The normalized spacial score (nSPS) is 11.7. The molecule has 1 N–H and O–H groups in total. The van der Waals surface area contributed by atoms with Crippen LogP contribution in [0.1, 0.15) is 23.9 Å². The lowest BCUT2D eigenvalue weighted by molar-refractivity contribution is -0.121. The molecule has 0 atom stereocenters. The molecule has 8 heteroatoms. The molecule has 0 aliphatic carbocycles. The van der Waals surface area contributed by atoms with E-state index >= 15 is 0 Å². The minimum absolute atomic E-state index is 0.0888. The SMILES string of the molecule is C/C(=N/NC(=O)Cn1nc(C)cc1C)c1ccc(Cl)c(Cl)c1Cl. The van der Waals surface area contributed by atoms with Crippen LogP contribution in [-0.2, 0) is 11.3 Å². The van der Waals surface area contributed by atoms with Crippen LogP contribution in [0.4, 0.5) is 0 Å². The van der Waals surface area contributed by atoms with Gasteiger partial charge in [-0.25, -0.2) is 5.43 Å². The first-order valence-corrected chi connectivity index (χ1v) is 7.91. The number of rotatable bonds is 4. The Morgan fingerprint density at radius 3 is 2.57 bits per heavy atom. The third-order valence-electron chi connectivity index (χ3n) is 3.17. The van der Waals surface area contributed by atoms with Crippen molar-refractivity contribution in [3.63, 3.8) is 0 Å². The molecule has 5 nitrogen and oxygen atoms in total. The van der Waals surface area contributed by atoms with Gasteiger partial charge in [-0.05, 0) is 32.9 Å². The molecule has 122 valence electrons. The zero-order valence-corrected chi connectivity index (χ0v) is 15.1. The molecule has 1 heterocycles. The fraction of sp³-hybridized carbons (Fsp3) is 0.267. The third kappa shape index (κ3) is 4.25. The molecule has 0 unspecified atom stereocenters. The second-order valence-electron chi connectivity index (χ2n) is 5.04. The second-order valence-corrected chi connectivity index (χ2v) is 6.20.